The molecule has 0 aromatic carbocycles. The number of carbonyl (C=O) groups excluding carboxylic acids is 1. The first-order valence-corrected chi connectivity index (χ1v) is 9.37. The Balaban J connectivity index is 4.09. The summed E-state index contributed by atoms with van der Waals surface area (Å²) in [7, 11) is 3.64. The van der Waals surface area contributed by atoms with Gasteiger partial charge in [0.1, 0.15) is 5.76 Å². The van der Waals surface area contributed by atoms with Crippen LogP contribution in [0.4, 0.5) is 0 Å². The Morgan fingerprint density at radius 1 is 0.955 bits per heavy atom. The summed E-state index contributed by atoms with van der Waals surface area (Å²) in [4.78, 5) is 11.0. The van der Waals surface area contributed by atoms with Crippen molar-refractivity contribution < 1.29 is 14.3 Å². The van der Waals surface area contributed by atoms with Crippen LogP contribution in [-0.2, 0) is 14.3 Å². The maximum absolute atomic E-state index is 11.0. The topological polar surface area (TPSA) is 35.5 Å². The highest BCUT2D eigenvalue weighted by atomic mass is 33.1. The first-order valence-electron chi connectivity index (χ1n) is 7.22. The molecule has 0 radical (unpaired) electrons. The van der Waals surface area contributed by atoms with E-state index in [2.05, 4.69) is 47.4 Å². The van der Waals surface area contributed by atoms with E-state index < -0.39 is 0 Å². The quantitative estimate of drug-likeness (QED) is 0.161. The fourth-order valence-corrected chi connectivity index (χ4v) is 3.89. The third-order valence-electron chi connectivity index (χ3n) is 2.83. The van der Waals surface area contributed by atoms with Crippen LogP contribution in [0.5, 0.6) is 0 Å². The smallest absolute Gasteiger partial charge is 0.330 e. The number of hydrogen-bond acceptors (Lipinski definition) is 5. The van der Waals surface area contributed by atoms with Crippen LogP contribution < -0.4 is 0 Å². The lowest BCUT2D eigenvalue weighted by Gasteiger charge is -2.29. The summed E-state index contributed by atoms with van der Waals surface area (Å²) < 4.78 is 10.6. The molecule has 5 heteroatoms. The van der Waals surface area contributed by atoms with Gasteiger partial charge in [-0.25, -0.2) is 4.79 Å². The molecule has 0 rings (SSSR count). The summed E-state index contributed by atoms with van der Waals surface area (Å²) in [5.41, 5.74) is 0. The van der Waals surface area contributed by atoms with Crippen molar-refractivity contribution in [3.05, 3.63) is 37.6 Å². The molecule has 0 aliphatic rings. The minimum atomic E-state index is -0.367. The molecule has 0 heterocycles. The van der Waals surface area contributed by atoms with Crippen molar-refractivity contribution in [1.29, 1.82) is 0 Å². The SMILES string of the molecule is C=CC(=C)OCCC(C)(C)SSC(C)(C)CCOC(=O)C=C. The molecule has 0 unspecified atom stereocenters. The first kappa shape index (κ1) is 21.2. The Hall–Kier alpha value is -0.810. The molecule has 0 saturated heterocycles. The molecular formula is C17H28O3S2. The average molecular weight is 345 g/mol. The van der Waals surface area contributed by atoms with E-state index in [1.807, 2.05) is 21.6 Å². The predicted octanol–water partition coefficient (Wildman–Crippen LogP) is 5.15. The molecule has 0 bridgehead atoms. The van der Waals surface area contributed by atoms with Crippen LogP contribution in [0.25, 0.3) is 0 Å². The third kappa shape index (κ3) is 10.9. The summed E-state index contributed by atoms with van der Waals surface area (Å²) in [5.74, 6) is 0.242. The zero-order valence-corrected chi connectivity index (χ0v) is 15.8. The molecule has 0 aromatic heterocycles. The number of ether oxygens (including phenoxy) is 2. The molecule has 0 spiro atoms. The number of hydrogen-bond donors (Lipinski definition) is 0. The van der Waals surface area contributed by atoms with E-state index in [4.69, 9.17) is 9.47 Å². The second kappa shape index (κ2) is 10.1. The minimum absolute atomic E-state index is 0.0228. The van der Waals surface area contributed by atoms with Gasteiger partial charge < -0.3 is 9.47 Å². The van der Waals surface area contributed by atoms with Crippen molar-refractivity contribution in [2.45, 2.75) is 50.0 Å². The molecule has 3 nitrogen and oxygen atoms in total. The number of esters is 1. The molecule has 0 aromatic rings. The Morgan fingerprint density at radius 2 is 1.41 bits per heavy atom. The van der Waals surface area contributed by atoms with E-state index in [-0.39, 0.29) is 15.5 Å². The van der Waals surface area contributed by atoms with E-state index in [1.54, 1.807) is 6.08 Å². The molecule has 0 atom stereocenters. The van der Waals surface area contributed by atoms with Gasteiger partial charge in [-0.3, -0.25) is 0 Å². The van der Waals surface area contributed by atoms with Gasteiger partial charge in [0.15, 0.2) is 0 Å². The van der Waals surface area contributed by atoms with Crippen molar-refractivity contribution in [2.75, 3.05) is 13.2 Å². The summed E-state index contributed by atoms with van der Waals surface area (Å²) in [6.07, 6.45) is 4.51. The second-order valence-corrected chi connectivity index (χ2v) is 9.62. The van der Waals surface area contributed by atoms with Crippen LogP contribution in [0.3, 0.4) is 0 Å². The van der Waals surface area contributed by atoms with E-state index in [0.717, 1.165) is 12.8 Å². The standard InChI is InChI=1S/C17H28O3S2/c1-8-14(3)19-12-10-16(4,5)21-22-17(6,7)11-13-20-15(18)9-2/h8-9H,1-3,10-13H2,4-7H3. The molecule has 0 amide bonds. The Labute approximate surface area is 143 Å². The number of carbonyl (C=O) groups is 1. The Kier molecular flexibility index (Phi) is 9.69. The largest absolute Gasteiger partial charge is 0.494 e. The van der Waals surface area contributed by atoms with E-state index in [9.17, 15) is 4.79 Å². The molecule has 0 saturated carbocycles. The molecule has 0 aliphatic carbocycles. The summed E-state index contributed by atoms with van der Waals surface area (Å²) in [5, 5.41) is 0. The Bertz CT molecular complexity index is 363. The molecule has 22 heavy (non-hydrogen) atoms. The fourth-order valence-electron chi connectivity index (χ4n) is 1.25. The normalized spacial score (nSPS) is 11.6. The lowest BCUT2D eigenvalue weighted by Crippen LogP contribution is -2.21. The highest BCUT2D eigenvalue weighted by Crippen LogP contribution is 2.46. The molecular weight excluding hydrogens is 316 g/mol. The van der Waals surface area contributed by atoms with Crippen molar-refractivity contribution in [3.63, 3.8) is 0 Å². The van der Waals surface area contributed by atoms with Gasteiger partial charge in [0.2, 0.25) is 0 Å². The number of rotatable bonds is 12. The van der Waals surface area contributed by atoms with Crippen LogP contribution in [-0.4, -0.2) is 28.7 Å². The summed E-state index contributed by atoms with van der Waals surface area (Å²) in [6, 6.07) is 0. The van der Waals surface area contributed by atoms with Crippen molar-refractivity contribution >= 4 is 27.6 Å². The van der Waals surface area contributed by atoms with Crippen molar-refractivity contribution in [3.8, 4) is 0 Å². The monoisotopic (exact) mass is 344 g/mol. The van der Waals surface area contributed by atoms with Crippen LogP contribution in [0.2, 0.25) is 0 Å². The van der Waals surface area contributed by atoms with Gasteiger partial charge in [0.25, 0.3) is 0 Å². The van der Waals surface area contributed by atoms with Gasteiger partial charge in [0, 0.05) is 15.6 Å². The van der Waals surface area contributed by atoms with Crippen molar-refractivity contribution in [1.82, 2.24) is 0 Å². The molecule has 0 aliphatic heterocycles. The number of allylic oxidation sites excluding steroid dienone is 1. The first-order chi connectivity index (χ1) is 10.1. The molecule has 126 valence electrons. The lowest BCUT2D eigenvalue weighted by atomic mass is 10.1. The van der Waals surface area contributed by atoms with Gasteiger partial charge in [-0.1, -0.05) is 41.3 Å². The van der Waals surface area contributed by atoms with Crippen LogP contribution in [0.15, 0.2) is 37.6 Å². The van der Waals surface area contributed by atoms with Crippen LogP contribution in [0.1, 0.15) is 40.5 Å². The maximum atomic E-state index is 11.0. The molecule has 0 fully saturated rings. The van der Waals surface area contributed by atoms with Crippen LogP contribution >= 0.6 is 21.6 Å². The van der Waals surface area contributed by atoms with Gasteiger partial charge in [-0.15, -0.1) is 0 Å². The minimum Gasteiger partial charge on any atom is -0.494 e. The zero-order valence-electron chi connectivity index (χ0n) is 14.1. The van der Waals surface area contributed by atoms with Gasteiger partial charge in [-0.05, 0) is 46.6 Å². The highest BCUT2D eigenvalue weighted by molar-refractivity contribution is 8.77. The van der Waals surface area contributed by atoms with Gasteiger partial charge >= 0.3 is 5.97 Å². The van der Waals surface area contributed by atoms with Crippen molar-refractivity contribution in [2.24, 2.45) is 0 Å². The predicted molar refractivity (Wildman–Crippen MR) is 99.0 cm³/mol. The summed E-state index contributed by atoms with van der Waals surface area (Å²) in [6.45, 7) is 20.5. The lowest BCUT2D eigenvalue weighted by molar-refractivity contribution is -0.137. The molecule has 0 N–H and O–H groups in total. The zero-order chi connectivity index (χ0) is 17.2. The van der Waals surface area contributed by atoms with Crippen LogP contribution in [0, 0.1) is 0 Å². The van der Waals surface area contributed by atoms with E-state index in [0.29, 0.717) is 19.0 Å². The second-order valence-electron chi connectivity index (χ2n) is 6.08. The third-order valence-corrected chi connectivity index (χ3v) is 7.18. The van der Waals surface area contributed by atoms with Gasteiger partial charge in [0.05, 0.1) is 13.2 Å². The Morgan fingerprint density at radius 3 is 1.82 bits per heavy atom. The van der Waals surface area contributed by atoms with E-state index >= 15 is 0 Å². The summed E-state index contributed by atoms with van der Waals surface area (Å²) >= 11 is 0. The fraction of sp³-hybridized carbons (Fsp3) is 0.588. The average Bonchev–Trinajstić information content (AvgIpc) is 2.44. The van der Waals surface area contributed by atoms with Gasteiger partial charge in [-0.2, -0.15) is 0 Å². The maximum Gasteiger partial charge on any atom is 0.330 e. The highest BCUT2D eigenvalue weighted by Gasteiger charge is 2.26. The van der Waals surface area contributed by atoms with E-state index in [1.165, 1.54) is 6.08 Å².